The van der Waals surface area contributed by atoms with E-state index in [0.717, 1.165) is 22.3 Å². The van der Waals surface area contributed by atoms with Crippen molar-refractivity contribution in [2.45, 2.75) is 24.8 Å². The Morgan fingerprint density at radius 1 is 1.08 bits per heavy atom. The van der Waals surface area contributed by atoms with Gasteiger partial charge in [-0.2, -0.15) is 0 Å². The topological polar surface area (TPSA) is 58.6 Å². The number of hydrogen-bond donors (Lipinski definition) is 2. The van der Waals surface area contributed by atoms with Crippen LogP contribution in [0.3, 0.4) is 0 Å². The molecule has 0 bridgehead atoms. The SMILES string of the molecule is O=C(NC(CCO)C(F)F)OCC1c2ccccc2-c2ccccc21. The van der Waals surface area contributed by atoms with Gasteiger partial charge in [0.05, 0.1) is 6.04 Å². The molecule has 2 aromatic carbocycles. The van der Waals surface area contributed by atoms with E-state index in [1.165, 1.54) is 0 Å². The smallest absolute Gasteiger partial charge is 0.407 e. The standard InChI is InChI=1S/C19H19F2NO3/c20-18(21)17(9-10-23)22-19(24)25-11-16-14-7-3-1-5-12(14)13-6-2-4-8-15(13)16/h1-8,16-18,23H,9-11H2,(H,22,24). The van der Waals surface area contributed by atoms with Crippen molar-refractivity contribution in [1.29, 1.82) is 0 Å². The molecule has 1 aliphatic rings. The molecule has 132 valence electrons. The molecule has 0 heterocycles. The average molecular weight is 347 g/mol. The van der Waals surface area contributed by atoms with Crippen LogP contribution in [0.5, 0.6) is 0 Å². The predicted octanol–water partition coefficient (Wildman–Crippen LogP) is 3.54. The number of rotatable bonds is 6. The lowest BCUT2D eigenvalue weighted by molar-refractivity contribution is 0.0731. The maximum Gasteiger partial charge on any atom is 0.407 e. The van der Waals surface area contributed by atoms with Crippen LogP contribution in [0.4, 0.5) is 13.6 Å². The van der Waals surface area contributed by atoms with Crippen LogP contribution in [0, 0.1) is 0 Å². The summed E-state index contributed by atoms with van der Waals surface area (Å²) in [7, 11) is 0. The van der Waals surface area contributed by atoms with Gasteiger partial charge in [-0.05, 0) is 28.7 Å². The summed E-state index contributed by atoms with van der Waals surface area (Å²) in [4.78, 5) is 11.9. The highest BCUT2D eigenvalue weighted by molar-refractivity contribution is 5.79. The number of fused-ring (bicyclic) bond motifs is 3. The molecule has 0 aliphatic heterocycles. The first kappa shape index (κ1) is 17.4. The van der Waals surface area contributed by atoms with Crippen LogP contribution in [0.25, 0.3) is 11.1 Å². The van der Waals surface area contributed by atoms with Gasteiger partial charge < -0.3 is 15.2 Å². The second-order valence-corrected chi connectivity index (χ2v) is 5.92. The Balaban J connectivity index is 1.70. The summed E-state index contributed by atoms with van der Waals surface area (Å²) in [5.74, 6) is -0.124. The Kier molecular flexibility index (Phi) is 5.28. The molecule has 1 amide bonds. The fourth-order valence-electron chi connectivity index (χ4n) is 3.19. The molecular weight excluding hydrogens is 328 g/mol. The molecule has 2 N–H and O–H groups in total. The molecule has 1 unspecified atom stereocenters. The number of hydrogen-bond acceptors (Lipinski definition) is 3. The normalized spacial score (nSPS) is 14.1. The number of alkyl carbamates (subject to hydrolysis) is 1. The van der Waals surface area contributed by atoms with E-state index in [2.05, 4.69) is 5.32 Å². The highest BCUT2D eigenvalue weighted by atomic mass is 19.3. The second kappa shape index (κ2) is 7.61. The molecule has 0 fully saturated rings. The zero-order valence-corrected chi connectivity index (χ0v) is 13.5. The zero-order valence-electron chi connectivity index (χ0n) is 13.5. The molecule has 0 aromatic heterocycles. The molecular formula is C19H19F2NO3. The van der Waals surface area contributed by atoms with Crippen molar-refractivity contribution in [2.24, 2.45) is 0 Å². The van der Waals surface area contributed by atoms with E-state index in [4.69, 9.17) is 9.84 Å². The minimum Gasteiger partial charge on any atom is -0.449 e. The number of halogens is 2. The first-order valence-electron chi connectivity index (χ1n) is 8.12. The second-order valence-electron chi connectivity index (χ2n) is 5.92. The number of carbonyl (C=O) groups excluding carboxylic acids is 1. The van der Waals surface area contributed by atoms with Crippen LogP contribution in [-0.2, 0) is 4.74 Å². The molecule has 2 aromatic rings. The highest BCUT2D eigenvalue weighted by Gasteiger charge is 2.29. The zero-order chi connectivity index (χ0) is 17.8. The van der Waals surface area contributed by atoms with Crippen molar-refractivity contribution in [3.8, 4) is 11.1 Å². The van der Waals surface area contributed by atoms with Crippen molar-refractivity contribution >= 4 is 6.09 Å². The van der Waals surface area contributed by atoms with Gasteiger partial charge in [0.25, 0.3) is 6.43 Å². The van der Waals surface area contributed by atoms with Crippen molar-refractivity contribution in [2.75, 3.05) is 13.2 Å². The Morgan fingerprint density at radius 3 is 2.16 bits per heavy atom. The molecule has 3 rings (SSSR count). The minimum absolute atomic E-state index is 0.0644. The molecule has 1 atom stereocenters. The van der Waals surface area contributed by atoms with Gasteiger partial charge in [-0.1, -0.05) is 48.5 Å². The third-order valence-corrected chi connectivity index (χ3v) is 4.39. The van der Waals surface area contributed by atoms with Crippen LogP contribution in [0.15, 0.2) is 48.5 Å². The fraction of sp³-hybridized carbons (Fsp3) is 0.316. The van der Waals surface area contributed by atoms with E-state index in [1.54, 1.807) is 0 Å². The van der Waals surface area contributed by atoms with Crippen molar-refractivity contribution < 1.29 is 23.4 Å². The van der Waals surface area contributed by atoms with E-state index in [9.17, 15) is 13.6 Å². The summed E-state index contributed by atoms with van der Waals surface area (Å²) in [6, 6.07) is 14.3. The van der Waals surface area contributed by atoms with E-state index < -0.39 is 25.2 Å². The van der Waals surface area contributed by atoms with Gasteiger partial charge in [0, 0.05) is 12.5 Å². The number of aliphatic hydroxyl groups is 1. The average Bonchev–Trinajstić information content (AvgIpc) is 2.93. The van der Waals surface area contributed by atoms with Crippen molar-refractivity contribution in [3.63, 3.8) is 0 Å². The van der Waals surface area contributed by atoms with Crippen LogP contribution < -0.4 is 5.32 Å². The van der Waals surface area contributed by atoms with Gasteiger partial charge >= 0.3 is 6.09 Å². The lowest BCUT2D eigenvalue weighted by Gasteiger charge is -2.18. The first-order valence-corrected chi connectivity index (χ1v) is 8.12. The summed E-state index contributed by atoms with van der Waals surface area (Å²) >= 11 is 0. The Labute approximate surface area is 144 Å². The summed E-state index contributed by atoms with van der Waals surface area (Å²) in [6.07, 6.45) is -3.88. The summed E-state index contributed by atoms with van der Waals surface area (Å²) in [5, 5.41) is 10.9. The molecule has 0 saturated carbocycles. The van der Waals surface area contributed by atoms with E-state index in [0.29, 0.717) is 0 Å². The number of aliphatic hydroxyl groups excluding tert-OH is 1. The van der Waals surface area contributed by atoms with Crippen molar-refractivity contribution in [3.05, 3.63) is 59.7 Å². The molecule has 0 radical (unpaired) electrons. The summed E-state index contributed by atoms with van der Waals surface area (Å²) in [6.45, 7) is -0.367. The largest absolute Gasteiger partial charge is 0.449 e. The monoisotopic (exact) mass is 347 g/mol. The quantitative estimate of drug-likeness (QED) is 0.840. The number of ether oxygens (including phenoxy) is 1. The Bertz CT molecular complexity index is 705. The van der Waals surface area contributed by atoms with Crippen molar-refractivity contribution in [1.82, 2.24) is 5.32 Å². The number of benzene rings is 2. The molecule has 25 heavy (non-hydrogen) atoms. The molecule has 6 heteroatoms. The number of carbonyl (C=O) groups is 1. The highest BCUT2D eigenvalue weighted by Crippen LogP contribution is 2.44. The van der Waals surface area contributed by atoms with Crippen LogP contribution in [0.2, 0.25) is 0 Å². The van der Waals surface area contributed by atoms with Gasteiger partial charge in [-0.25, -0.2) is 13.6 Å². The number of nitrogens with one attached hydrogen (secondary N) is 1. The predicted molar refractivity (Wildman–Crippen MR) is 89.7 cm³/mol. The summed E-state index contributed by atoms with van der Waals surface area (Å²) < 4.78 is 30.8. The molecule has 1 aliphatic carbocycles. The molecule has 0 saturated heterocycles. The number of alkyl halides is 2. The van der Waals surface area contributed by atoms with E-state index in [-0.39, 0.29) is 18.9 Å². The Hall–Kier alpha value is -2.47. The van der Waals surface area contributed by atoms with E-state index >= 15 is 0 Å². The van der Waals surface area contributed by atoms with E-state index in [1.807, 2.05) is 48.5 Å². The van der Waals surface area contributed by atoms with Crippen LogP contribution >= 0.6 is 0 Å². The third kappa shape index (κ3) is 3.64. The fourth-order valence-corrected chi connectivity index (χ4v) is 3.19. The minimum atomic E-state index is -2.76. The summed E-state index contributed by atoms with van der Waals surface area (Å²) in [5.41, 5.74) is 4.30. The lowest BCUT2D eigenvalue weighted by Crippen LogP contribution is -2.41. The van der Waals surface area contributed by atoms with Crippen LogP contribution in [-0.4, -0.2) is 36.9 Å². The molecule has 4 nitrogen and oxygen atoms in total. The maximum absolute atomic E-state index is 12.8. The van der Waals surface area contributed by atoms with Gasteiger partial charge in [-0.3, -0.25) is 0 Å². The maximum atomic E-state index is 12.8. The van der Waals surface area contributed by atoms with Gasteiger partial charge in [0.1, 0.15) is 6.61 Å². The first-order chi connectivity index (χ1) is 12.1. The number of amides is 1. The van der Waals surface area contributed by atoms with Gasteiger partial charge in [0.2, 0.25) is 0 Å². The lowest BCUT2D eigenvalue weighted by atomic mass is 9.98. The Morgan fingerprint density at radius 2 is 1.64 bits per heavy atom. The van der Waals surface area contributed by atoms with Gasteiger partial charge in [0.15, 0.2) is 0 Å². The van der Waals surface area contributed by atoms with Gasteiger partial charge in [-0.15, -0.1) is 0 Å². The third-order valence-electron chi connectivity index (χ3n) is 4.39. The molecule has 0 spiro atoms. The van der Waals surface area contributed by atoms with Crippen LogP contribution in [0.1, 0.15) is 23.5 Å².